The average molecular weight is 279 g/mol. The fraction of sp³-hybridized carbons (Fsp3) is 0.0625. The van der Waals surface area contributed by atoms with Crippen molar-refractivity contribution in [2.24, 2.45) is 0 Å². The molecular formula is C16H13N3O2. The minimum atomic E-state index is -0.396. The van der Waals surface area contributed by atoms with Gasteiger partial charge in [0.25, 0.3) is 5.69 Å². The molecule has 0 amide bonds. The van der Waals surface area contributed by atoms with Gasteiger partial charge in [-0.1, -0.05) is 24.3 Å². The third-order valence-electron chi connectivity index (χ3n) is 3.28. The number of rotatable bonds is 4. The fourth-order valence-electron chi connectivity index (χ4n) is 2.24. The molecule has 1 aromatic heterocycles. The van der Waals surface area contributed by atoms with Crippen molar-refractivity contribution in [3.05, 3.63) is 76.5 Å². The van der Waals surface area contributed by atoms with E-state index in [0.717, 1.165) is 22.2 Å². The molecule has 0 atom stereocenters. The van der Waals surface area contributed by atoms with Gasteiger partial charge in [-0.25, -0.2) is 0 Å². The topological polar surface area (TPSA) is 68.1 Å². The Morgan fingerprint density at radius 2 is 1.95 bits per heavy atom. The molecule has 1 heterocycles. The van der Waals surface area contributed by atoms with Crippen molar-refractivity contribution in [3.63, 3.8) is 0 Å². The molecule has 0 radical (unpaired) electrons. The summed E-state index contributed by atoms with van der Waals surface area (Å²) in [6.07, 6.45) is 1.77. The lowest BCUT2D eigenvalue weighted by Gasteiger charge is -2.08. The van der Waals surface area contributed by atoms with E-state index in [9.17, 15) is 10.1 Å². The summed E-state index contributed by atoms with van der Waals surface area (Å²) in [4.78, 5) is 14.7. The summed E-state index contributed by atoms with van der Waals surface area (Å²) in [5.74, 6) is 0. The smallest absolute Gasteiger partial charge is 0.271 e. The summed E-state index contributed by atoms with van der Waals surface area (Å²) in [5, 5.41) is 15.1. The molecule has 0 spiro atoms. The summed E-state index contributed by atoms with van der Waals surface area (Å²) in [7, 11) is 0. The maximum Gasteiger partial charge on any atom is 0.271 e. The van der Waals surface area contributed by atoms with Crippen LogP contribution in [0.3, 0.4) is 0 Å². The summed E-state index contributed by atoms with van der Waals surface area (Å²) in [5.41, 5.74) is 2.85. The monoisotopic (exact) mass is 279 g/mol. The molecule has 3 aromatic rings. The Morgan fingerprint density at radius 3 is 2.81 bits per heavy atom. The highest BCUT2D eigenvalue weighted by Gasteiger charge is 2.06. The number of para-hydroxylation sites is 1. The number of fused-ring (bicyclic) bond motifs is 1. The van der Waals surface area contributed by atoms with E-state index >= 15 is 0 Å². The van der Waals surface area contributed by atoms with Crippen molar-refractivity contribution < 1.29 is 4.92 Å². The minimum absolute atomic E-state index is 0.0830. The molecule has 0 aliphatic carbocycles. The number of nitrogens with zero attached hydrogens (tertiary/aromatic N) is 2. The lowest BCUT2D eigenvalue weighted by molar-refractivity contribution is -0.384. The van der Waals surface area contributed by atoms with E-state index in [1.807, 2.05) is 36.4 Å². The Kier molecular flexibility index (Phi) is 3.47. The van der Waals surface area contributed by atoms with Crippen LogP contribution in [0.1, 0.15) is 5.56 Å². The van der Waals surface area contributed by atoms with Gasteiger partial charge in [-0.05, 0) is 23.8 Å². The number of anilines is 1. The molecule has 0 aliphatic rings. The number of benzene rings is 2. The largest absolute Gasteiger partial charge is 0.381 e. The Morgan fingerprint density at radius 1 is 1.10 bits per heavy atom. The van der Waals surface area contributed by atoms with Crippen LogP contribution in [-0.2, 0) is 6.54 Å². The third-order valence-corrected chi connectivity index (χ3v) is 3.28. The Labute approximate surface area is 121 Å². The van der Waals surface area contributed by atoms with Gasteiger partial charge in [0.15, 0.2) is 0 Å². The second-order valence-electron chi connectivity index (χ2n) is 4.65. The molecule has 5 heteroatoms. The summed E-state index contributed by atoms with van der Waals surface area (Å²) < 4.78 is 0. The van der Waals surface area contributed by atoms with Crippen LogP contribution in [0.5, 0.6) is 0 Å². The third kappa shape index (κ3) is 2.81. The molecule has 2 aromatic carbocycles. The zero-order chi connectivity index (χ0) is 14.7. The van der Waals surface area contributed by atoms with Gasteiger partial charge in [0.2, 0.25) is 0 Å². The number of hydrogen-bond acceptors (Lipinski definition) is 4. The highest BCUT2D eigenvalue weighted by Crippen LogP contribution is 2.20. The van der Waals surface area contributed by atoms with Gasteiger partial charge >= 0.3 is 0 Å². The van der Waals surface area contributed by atoms with Crippen LogP contribution in [-0.4, -0.2) is 9.91 Å². The van der Waals surface area contributed by atoms with Gasteiger partial charge in [0, 0.05) is 35.9 Å². The van der Waals surface area contributed by atoms with Crippen LogP contribution < -0.4 is 5.32 Å². The molecule has 104 valence electrons. The van der Waals surface area contributed by atoms with Crippen molar-refractivity contribution >= 4 is 22.3 Å². The van der Waals surface area contributed by atoms with E-state index in [1.165, 1.54) is 12.1 Å². The first-order valence-corrected chi connectivity index (χ1v) is 6.55. The average Bonchev–Trinajstić information content (AvgIpc) is 2.53. The van der Waals surface area contributed by atoms with Crippen LogP contribution in [0, 0.1) is 10.1 Å². The molecule has 0 fully saturated rings. The molecule has 0 saturated heterocycles. The zero-order valence-corrected chi connectivity index (χ0v) is 11.2. The van der Waals surface area contributed by atoms with E-state index < -0.39 is 4.92 Å². The minimum Gasteiger partial charge on any atom is -0.381 e. The van der Waals surface area contributed by atoms with Gasteiger partial charge in [-0.2, -0.15) is 0 Å². The fourth-order valence-corrected chi connectivity index (χ4v) is 2.24. The second-order valence-corrected chi connectivity index (χ2v) is 4.65. The zero-order valence-electron chi connectivity index (χ0n) is 11.2. The molecule has 0 aliphatic heterocycles. The lowest BCUT2D eigenvalue weighted by atomic mass is 10.1. The van der Waals surface area contributed by atoms with Crippen molar-refractivity contribution in [3.8, 4) is 0 Å². The van der Waals surface area contributed by atoms with Crippen LogP contribution in [0.15, 0.2) is 60.8 Å². The molecule has 3 rings (SSSR count). The van der Waals surface area contributed by atoms with Crippen molar-refractivity contribution in [1.29, 1.82) is 0 Å². The highest BCUT2D eigenvalue weighted by molar-refractivity contribution is 5.82. The van der Waals surface area contributed by atoms with Gasteiger partial charge in [-0.15, -0.1) is 0 Å². The summed E-state index contributed by atoms with van der Waals surface area (Å²) >= 11 is 0. The first-order chi connectivity index (χ1) is 10.2. The lowest BCUT2D eigenvalue weighted by Crippen LogP contribution is -2.01. The highest BCUT2D eigenvalue weighted by atomic mass is 16.6. The van der Waals surface area contributed by atoms with Crippen molar-refractivity contribution in [1.82, 2.24) is 4.98 Å². The number of non-ortho nitro benzene ring substituents is 1. The van der Waals surface area contributed by atoms with Gasteiger partial charge in [0.05, 0.1) is 10.4 Å². The molecule has 21 heavy (non-hydrogen) atoms. The number of nitrogens with one attached hydrogen (secondary N) is 1. The Hall–Kier alpha value is -2.95. The van der Waals surface area contributed by atoms with E-state index in [0.29, 0.717) is 6.54 Å². The Bertz CT molecular complexity index is 797. The van der Waals surface area contributed by atoms with Crippen molar-refractivity contribution in [2.45, 2.75) is 6.54 Å². The SMILES string of the molecule is O=[N+]([O-])c1cccc(NCc2ccnc3ccccc23)c1. The van der Waals surface area contributed by atoms with Crippen molar-refractivity contribution in [2.75, 3.05) is 5.32 Å². The van der Waals surface area contributed by atoms with Crippen LogP contribution in [0.2, 0.25) is 0 Å². The van der Waals surface area contributed by atoms with Gasteiger partial charge in [0.1, 0.15) is 0 Å². The Balaban J connectivity index is 1.84. The molecule has 0 bridgehead atoms. The first-order valence-electron chi connectivity index (χ1n) is 6.55. The second kappa shape index (κ2) is 5.58. The molecule has 5 nitrogen and oxygen atoms in total. The van der Waals surface area contributed by atoms with E-state index in [-0.39, 0.29) is 5.69 Å². The number of aromatic nitrogens is 1. The molecule has 1 N–H and O–H groups in total. The van der Waals surface area contributed by atoms with Gasteiger partial charge in [-0.3, -0.25) is 15.1 Å². The van der Waals surface area contributed by atoms with Crippen LogP contribution >= 0.6 is 0 Å². The summed E-state index contributed by atoms with van der Waals surface area (Å²) in [6, 6.07) is 16.4. The van der Waals surface area contributed by atoms with E-state index in [4.69, 9.17) is 0 Å². The number of nitro groups is 1. The molecular weight excluding hydrogens is 266 g/mol. The maximum absolute atomic E-state index is 10.8. The number of pyridine rings is 1. The maximum atomic E-state index is 10.8. The van der Waals surface area contributed by atoms with E-state index in [1.54, 1.807) is 12.3 Å². The predicted molar refractivity (Wildman–Crippen MR) is 82.2 cm³/mol. The van der Waals surface area contributed by atoms with E-state index in [2.05, 4.69) is 10.3 Å². The molecule has 0 unspecified atom stereocenters. The quantitative estimate of drug-likeness (QED) is 0.583. The molecule has 0 saturated carbocycles. The predicted octanol–water partition coefficient (Wildman–Crippen LogP) is 3.76. The number of hydrogen-bond donors (Lipinski definition) is 1. The number of nitro benzene ring substituents is 1. The standard InChI is InChI=1S/C16H13N3O2/c20-19(21)14-5-3-4-13(10-14)18-11-12-8-9-17-16-7-2-1-6-15(12)16/h1-10,18H,11H2. The van der Waals surface area contributed by atoms with Gasteiger partial charge < -0.3 is 5.32 Å². The van der Waals surface area contributed by atoms with Crippen LogP contribution in [0.4, 0.5) is 11.4 Å². The first kappa shape index (κ1) is 13.1. The van der Waals surface area contributed by atoms with Crippen LogP contribution in [0.25, 0.3) is 10.9 Å². The normalized spacial score (nSPS) is 10.5. The summed E-state index contributed by atoms with van der Waals surface area (Å²) in [6.45, 7) is 0.588.